The maximum Gasteiger partial charge on any atom is 0.119 e. The van der Waals surface area contributed by atoms with E-state index < -0.39 is 0 Å². The molecule has 1 rings (SSSR count). The summed E-state index contributed by atoms with van der Waals surface area (Å²) in [6.45, 7) is 2.22. The van der Waals surface area contributed by atoms with Crippen molar-refractivity contribution in [1.82, 2.24) is 4.98 Å². The highest BCUT2D eigenvalue weighted by Gasteiger charge is 1.90. The molecule has 0 saturated carbocycles. The van der Waals surface area contributed by atoms with Crippen molar-refractivity contribution < 1.29 is 5.11 Å². The van der Waals surface area contributed by atoms with Gasteiger partial charge in [0.25, 0.3) is 0 Å². The number of pyridine rings is 1. The average molecular weight is 217 g/mol. The summed E-state index contributed by atoms with van der Waals surface area (Å²) in [7, 11) is 0. The largest absolute Gasteiger partial charge is 0.508 e. The third-order valence-corrected chi connectivity index (χ3v) is 2.37. The number of hydrogen-bond acceptors (Lipinski definition) is 2. The van der Waals surface area contributed by atoms with Crippen LogP contribution in [0.2, 0.25) is 0 Å². The lowest BCUT2D eigenvalue weighted by Gasteiger charge is -1.94. The van der Waals surface area contributed by atoms with Crippen molar-refractivity contribution in [2.24, 2.45) is 0 Å². The number of unbranched alkanes of at least 4 members (excludes halogenated alkanes) is 5. The molecular formula is C14H19NO. The van der Waals surface area contributed by atoms with E-state index in [2.05, 4.69) is 23.7 Å². The van der Waals surface area contributed by atoms with Gasteiger partial charge in [-0.25, -0.2) is 4.98 Å². The lowest BCUT2D eigenvalue weighted by atomic mass is 10.1. The molecule has 2 heteroatoms. The Hall–Kier alpha value is -1.49. The molecule has 0 atom stereocenters. The van der Waals surface area contributed by atoms with E-state index >= 15 is 0 Å². The minimum absolute atomic E-state index is 0.224. The van der Waals surface area contributed by atoms with Gasteiger partial charge in [-0.2, -0.15) is 0 Å². The van der Waals surface area contributed by atoms with E-state index in [0.717, 1.165) is 12.8 Å². The van der Waals surface area contributed by atoms with Crippen molar-refractivity contribution in [3.63, 3.8) is 0 Å². The fraction of sp³-hybridized carbons (Fsp3) is 0.500. The van der Waals surface area contributed by atoms with Crippen molar-refractivity contribution in [2.75, 3.05) is 0 Å². The summed E-state index contributed by atoms with van der Waals surface area (Å²) in [5.74, 6) is 6.26. The summed E-state index contributed by atoms with van der Waals surface area (Å²) < 4.78 is 0. The van der Waals surface area contributed by atoms with E-state index in [1.807, 2.05) is 0 Å². The molecule has 1 heterocycles. The topological polar surface area (TPSA) is 33.1 Å². The zero-order chi connectivity index (χ0) is 11.6. The molecule has 0 unspecified atom stereocenters. The van der Waals surface area contributed by atoms with Gasteiger partial charge in [0, 0.05) is 18.7 Å². The normalized spacial score (nSPS) is 9.56. The molecule has 0 spiro atoms. The van der Waals surface area contributed by atoms with Crippen LogP contribution in [-0.4, -0.2) is 10.1 Å². The van der Waals surface area contributed by atoms with Crippen LogP contribution >= 0.6 is 0 Å². The lowest BCUT2D eigenvalue weighted by Crippen LogP contribution is -1.80. The second-order valence-electron chi connectivity index (χ2n) is 3.87. The van der Waals surface area contributed by atoms with E-state index in [4.69, 9.17) is 0 Å². The highest BCUT2D eigenvalue weighted by molar-refractivity contribution is 5.32. The van der Waals surface area contributed by atoms with Crippen molar-refractivity contribution >= 4 is 0 Å². The molecule has 0 aliphatic heterocycles. The first-order valence-electron chi connectivity index (χ1n) is 5.97. The first-order valence-corrected chi connectivity index (χ1v) is 5.97. The van der Waals surface area contributed by atoms with Crippen molar-refractivity contribution in [2.45, 2.75) is 45.4 Å². The SMILES string of the molecule is CCCCCCCC#Cc1cc(O)ccn1. The first kappa shape index (κ1) is 12.6. The molecule has 2 nitrogen and oxygen atoms in total. The summed E-state index contributed by atoms with van der Waals surface area (Å²) in [5.41, 5.74) is 0.647. The van der Waals surface area contributed by atoms with Crippen LogP contribution in [0.3, 0.4) is 0 Å². The predicted octanol–water partition coefficient (Wildman–Crippen LogP) is 3.50. The van der Waals surface area contributed by atoms with Crippen LogP contribution in [0.15, 0.2) is 18.3 Å². The lowest BCUT2D eigenvalue weighted by molar-refractivity contribution is 0.474. The molecule has 0 aromatic carbocycles. The molecule has 0 bridgehead atoms. The highest BCUT2D eigenvalue weighted by atomic mass is 16.3. The number of nitrogens with zero attached hydrogens (tertiary/aromatic N) is 1. The van der Waals surface area contributed by atoms with E-state index in [9.17, 15) is 5.11 Å². The van der Waals surface area contributed by atoms with E-state index in [0.29, 0.717) is 5.69 Å². The Morgan fingerprint density at radius 1 is 1.25 bits per heavy atom. The monoisotopic (exact) mass is 217 g/mol. The highest BCUT2D eigenvalue weighted by Crippen LogP contribution is 2.07. The Morgan fingerprint density at radius 3 is 2.81 bits per heavy atom. The minimum Gasteiger partial charge on any atom is -0.508 e. The second-order valence-corrected chi connectivity index (χ2v) is 3.87. The summed E-state index contributed by atoms with van der Waals surface area (Å²) in [6, 6.07) is 3.14. The van der Waals surface area contributed by atoms with Crippen LogP contribution in [-0.2, 0) is 0 Å². The molecule has 0 amide bonds. The number of aromatic hydroxyl groups is 1. The summed E-state index contributed by atoms with van der Waals surface area (Å²) >= 11 is 0. The summed E-state index contributed by atoms with van der Waals surface area (Å²) in [5, 5.41) is 9.21. The van der Waals surface area contributed by atoms with Gasteiger partial charge in [-0.1, -0.05) is 38.5 Å². The zero-order valence-electron chi connectivity index (χ0n) is 9.87. The Balaban J connectivity index is 2.22. The summed E-state index contributed by atoms with van der Waals surface area (Å²) in [6.07, 6.45) is 8.81. The molecule has 1 N–H and O–H groups in total. The fourth-order valence-corrected chi connectivity index (χ4v) is 1.46. The standard InChI is InChI=1S/C14H19NO/c1-2-3-4-5-6-7-8-9-13-12-14(16)10-11-15-13/h10-12H,2-7H2,1H3,(H,15,16). The molecule has 1 aromatic heterocycles. The molecule has 16 heavy (non-hydrogen) atoms. The van der Waals surface area contributed by atoms with Crippen molar-refractivity contribution in [1.29, 1.82) is 0 Å². The van der Waals surface area contributed by atoms with Crippen molar-refractivity contribution in [3.8, 4) is 17.6 Å². The van der Waals surface area contributed by atoms with Gasteiger partial charge >= 0.3 is 0 Å². The first-order chi connectivity index (χ1) is 7.83. The van der Waals surface area contributed by atoms with Gasteiger partial charge in [-0.3, -0.25) is 0 Å². The maximum absolute atomic E-state index is 9.21. The van der Waals surface area contributed by atoms with E-state index in [-0.39, 0.29) is 5.75 Å². The van der Waals surface area contributed by atoms with Crippen LogP contribution in [0.5, 0.6) is 5.75 Å². The third-order valence-electron chi connectivity index (χ3n) is 2.37. The molecule has 0 saturated heterocycles. The average Bonchev–Trinajstić information content (AvgIpc) is 2.28. The molecule has 0 fully saturated rings. The Bertz CT molecular complexity index is 362. The van der Waals surface area contributed by atoms with Crippen LogP contribution in [0.1, 0.15) is 51.1 Å². The quantitative estimate of drug-likeness (QED) is 0.605. The summed E-state index contributed by atoms with van der Waals surface area (Å²) in [4.78, 5) is 4.05. The second kappa shape index (κ2) is 7.76. The van der Waals surface area contributed by atoms with Gasteiger partial charge < -0.3 is 5.11 Å². The predicted molar refractivity (Wildman–Crippen MR) is 66.2 cm³/mol. The van der Waals surface area contributed by atoms with Gasteiger partial charge in [-0.15, -0.1) is 0 Å². The molecule has 0 aliphatic carbocycles. The maximum atomic E-state index is 9.21. The van der Waals surface area contributed by atoms with Crippen LogP contribution in [0.4, 0.5) is 0 Å². The molecule has 0 aliphatic rings. The van der Waals surface area contributed by atoms with Gasteiger partial charge in [-0.05, 0) is 18.4 Å². The van der Waals surface area contributed by atoms with Crippen molar-refractivity contribution in [3.05, 3.63) is 24.0 Å². The third kappa shape index (κ3) is 5.41. The van der Waals surface area contributed by atoms with Gasteiger partial charge in [0.15, 0.2) is 0 Å². The molecule has 1 aromatic rings. The van der Waals surface area contributed by atoms with E-state index in [1.165, 1.54) is 25.7 Å². The van der Waals surface area contributed by atoms with Crippen LogP contribution in [0.25, 0.3) is 0 Å². The number of rotatable bonds is 5. The Kier molecular flexibility index (Phi) is 6.10. The Morgan fingerprint density at radius 2 is 2.06 bits per heavy atom. The van der Waals surface area contributed by atoms with Crippen LogP contribution in [0, 0.1) is 11.8 Å². The van der Waals surface area contributed by atoms with Gasteiger partial charge in [0.05, 0.1) is 0 Å². The van der Waals surface area contributed by atoms with E-state index in [1.54, 1.807) is 18.3 Å². The molecule has 86 valence electrons. The van der Waals surface area contributed by atoms with Gasteiger partial charge in [0.1, 0.15) is 11.4 Å². The Labute approximate surface area is 97.7 Å². The molecule has 0 radical (unpaired) electrons. The van der Waals surface area contributed by atoms with Crippen LogP contribution < -0.4 is 0 Å². The minimum atomic E-state index is 0.224. The smallest absolute Gasteiger partial charge is 0.119 e. The number of hydrogen-bond donors (Lipinski definition) is 1. The fourth-order valence-electron chi connectivity index (χ4n) is 1.46. The number of aromatic nitrogens is 1. The van der Waals surface area contributed by atoms with Gasteiger partial charge in [0.2, 0.25) is 0 Å². The zero-order valence-corrected chi connectivity index (χ0v) is 9.87. The molecular weight excluding hydrogens is 198 g/mol.